The molecule has 7 heteroatoms. The highest BCUT2D eigenvalue weighted by molar-refractivity contribution is 7.14. The van der Waals surface area contributed by atoms with Crippen LogP contribution in [-0.4, -0.2) is 49.1 Å². The molecule has 1 saturated heterocycles. The van der Waals surface area contributed by atoms with Gasteiger partial charge in [-0.1, -0.05) is 0 Å². The molecule has 1 aliphatic rings. The molecule has 29 heavy (non-hydrogen) atoms. The zero-order valence-corrected chi connectivity index (χ0v) is 17.4. The summed E-state index contributed by atoms with van der Waals surface area (Å²) in [5.74, 6) is 1.00. The summed E-state index contributed by atoms with van der Waals surface area (Å²) in [5.41, 5.74) is 1.85. The standard InChI is InChI=1S/C22H25N3O3S/c1-27-18-9-7-17(8-10-18)19-16-29-22(23-19)25(21(26)20-6-4-15-28-20)14-5-13-24-11-2-3-12-24/h4,6-10,15-16H,2-3,5,11-14H2,1H3. The summed E-state index contributed by atoms with van der Waals surface area (Å²) in [6.07, 6.45) is 4.98. The first-order valence-electron chi connectivity index (χ1n) is 9.92. The Labute approximate surface area is 174 Å². The van der Waals surface area contributed by atoms with E-state index >= 15 is 0 Å². The average Bonchev–Trinajstić information content (AvgIpc) is 3.53. The van der Waals surface area contributed by atoms with Crippen molar-refractivity contribution in [3.05, 3.63) is 53.8 Å². The predicted molar refractivity (Wildman–Crippen MR) is 115 cm³/mol. The van der Waals surface area contributed by atoms with E-state index in [2.05, 4.69) is 4.90 Å². The Morgan fingerprint density at radius 3 is 2.72 bits per heavy atom. The Morgan fingerprint density at radius 2 is 2.03 bits per heavy atom. The number of nitrogens with zero attached hydrogens (tertiary/aromatic N) is 3. The maximum absolute atomic E-state index is 13.0. The van der Waals surface area contributed by atoms with E-state index in [1.165, 1.54) is 30.4 Å². The van der Waals surface area contributed by atoms with E-state index in [-0.39, 0.29) is 5.91 Å². The third-order valence-corrected chi connectivity index (χ3v) is 6.00. The lowest BCUT2D eigenvalue weighted by molar-refractivity contribution is 0.0959. The van der Waals surface area contributed by atoms with E-state index in [0.29, 0.717) is 17.4 Å². The third kappa shape index (κ3) is 4.68. The summed E-state index contributed by atoms with van der Waals surface area (Å²) in [6.45, 7) is 3.93. The number of rotatable bonds is 8. The number of thiazole rings is 1. The van der Waals surface area contributed by atoms with Crippen LogP contribution in [0.1, 0.15) is 29.8 Å². The van der Waals surface area contributed by atoms with Crippen molar-refractivity contribution in [1.82, 2.24) is 9.88 Å². The minimum absolute atomic E-state index is 0.146. The van der Waals surface area contributed by atoms with Crippen LogP contribution in [0, 0.1) is 0 Å². The van der Waals surface area contributed by atoms with Crippen molar-refractivity contribution < 1.29 is 13.9 Å². The molecule has 4 rings (SSSR count). The fourth-order valence-corrected chi connectivity index (χ4v) is 4.42. The number of aromatic nitrogens is 1. The number of methoxy groups -OCH3 is 1. The van der Waals surface area contributed by atoms with Gasteiger partial charge in [0, 0.05) is 17.5 Å². The maximum Gasteiger partial charge on any atom is 0.295 e. The molecule has 0 bridgehead atoms. The minimum Gasteiger partial charge on any atom is -0.497 e. The van der Waals surface area contributed by atoms with Crippen LogP contribution < -0.4 is 9.64 Å². The normalized spacial score (nSPS) is 14.2. The van der Waals surface area contributed by atoms with Crippen molar-refractivity contribution in [2.24, 2.45) is 0 Å². The molecule has 1 aromatic carbocycles. The van der Waals surface area contributed by atoms with Gasteiger partial charge in [-0.05, 0) is 75.3 Å². The molecule has 3 heterocycles. The number of carbonyl (C=O) groups excluding carboxylic acids is 1. The second-order valence-corrected chi connectivity index (χ2v) is 7.92. The first-order chi connectivity index (χ1) is 14.2. The zero-order chi connectivity index (χ0) is 20.1. The Hall–Kier alpha value is -2.64. The maximum atomic E-state index is 13.0. The summed E-state index contributed by atoms with van der Waals surface area (Å²) in [6, 6.07) is 11.2. The summed E-state index contributed by atoms with van der Waals surface area (Å²) in [7, 11) is 1.65. The highest BCUT2D eigenvalue weighted by Crippen LogP contribution is 2.29. The molecule has 0 saturated carbocycles. The largest absolute Gasteiger partial charge is 0.497 e. The van der Waals surface area contributed by atoms with Crippen molar-refractivity contribution in [2.75, 3.05) is 38.2 Å². The molecular weight excluding hydrogens is 386 g/mol. The van der Waals surface area contributed by atoms with Crippen LogP contribution in [0.3, 0.4) is 0 Å². The van der Waals surface area contributed by atoms with Crippen molar-refractivity contribution in [3.63, 3.8) is 0 Å². The highest BCUT2D eigenvalue weighted by Gasteiger charge is 2.23. The predicted octanol–water partition coefficient (Wildman–Crippen LogP) is 4.54. The molecule has 1 aliphatic heterocycles. The Morgan fingerprint density at radius 1 is 1.24 bits per heavy atom. The number of furan rings is 1. The van der Waals surface area contributed by atoms with Gasteiger partial charge in [-0.25, -0.2) is 4.98 Å². The fraction of sp³-hybridized carbons (Fsp3) is 0.364. The molecule has 0 aliphatic carbocycles. The SMILES string of the molecule is COc1ccc(-c2csc(N(CCCN3CCCC3)C(=O)c3ccco3)n2)cc1. The zero-order valence-electron chi connectivity index (χ0n) is 16.5. The highest BCUT2D eigenvalue weighted by atomic mass is 32.1. The van der Waals surface area contributed by atoms with E-state index < -0.39 is 0 Å². The lowest BCUT2D eigenvalue weighted by atomic mass is 10.2. The van der Waals surface area contributed by atoms with Crippen molar-refractivity contribution >= 4 is 22.4 Å². The first kappa shape index (κ1) is 19.7. The van der Waals surface area contributed by atoms with Crippen LogP contribution >= 0.6 is 11.3 Å². The molecule has 0 N–H and O–H groups in total. The Balaban J connectivity index is 1.51. The van der Waals surface area contributed by atoms with Gasteiger partial charge >= 0.3 is 0 Å². The average molecular weight is 412 g/mol. The molecule has 152 valence electrons. The van der Waals surface area contributed by atoms with Gasteiger partial charge < -0.3 is 14.1 Å². The fourth-order valence-electron chi connectivity index (χ4n) is 3.56. The molecule has 6 nitrogen and oxygen atoms in total. The lowest BCUT2D eigenvalue weighted by Gasteiger charge is -2.21. The number of ether oxygens (including phenoxy) is 1. The van der Waals surface area contributed by atoms with Gasteiger partial charge in [0.15, 0.2) is 10.9 Å². The molecule has 1 fully saturated rings. The number of hydrogen-bond donors (Lipinski definition) is 0. The van der Waals surface area contributed by atoms with E-state index in [0.717, 1.165) is 43.1 Å². The van der Waals surface area contributed by atoms with E-state index in [9.17, 15) is 4.79 Å². The lowest BCUT2D eigenvalue weighted by Crippen LogP contribution is -2.33. The summed E-state index contributed by atoms with van der Waals surface area (Å²) >= 11 is 1.48. The third-order valence-electron chi connectivity index (χ3n) is 5.14. The van der Waals surface area contributed by atoms with E-state index in [4.69, 9.17) is 14.1 Å². The number of amides is 1. The van der Waals surface area contributed by atoms with Crippen molar-refractivity contribution in [2.45, 2.75) is 19.3 Å². The number of carbonyl (C=O) groups is 1. The Bertz CT molecular complexity index is 915. The molecule has 1 amide bonds. The summed E-state index contributed by atoms with van der Waals surface area (Å²) in [5, 5.41) is 2.68. The molecule has 2 aromatic heterocycles. The van der Waals surface area contributed by atoms with Gasteiger partial charge in [-0.15, -0.1) is 11.3 Å². The first-order valence-corrected chi connectivity index (χ1v) is 10.8. The van der Waals surface area contributed by atoms with Gasteiger partial charge in [0.05, 0.1) is 19.1 Å². The van der Waals surface area contributed by atoms with Gasteiger partial charge in [-0.2, -0.15) is 0 Å². The number of anilines is 1. The molecule has 0 spiro atoms. The Kier molecular flexibility index (Phi) is 6.27. The van der Waals surface area contributed by atoms with Crippen molar-refractivity contribution in [3.8, 4) is 17.0 Å². The van der Waals surface area contributed by atoms with Gasteiger partial charge in [0.25, 0.3) is 5.91 Å². The van der Waals surface area contributed by atoms with Gasteiger partial charge in [0.2, 0.25) is 0 Å². The number of hydrogen-bond acceptors (Lipinski definition) is 6. The van der Waals surface area contributed by atoms with Crippen LogP contribution in [0.2, 0.25) is 0 Å². The summed E-state index contributed by atoms with van der Waals surface area (Å²) < 4.78 is 10.6. The quantitative estimate of drug-likeness (QED) is 0.544. The molecular formula is C22H25N3O3S. The second kappa shape index (κ2) is 9.24. The van der Waals surface area contributed by atoms with E-state index in [1.807, 2.05) is 29.6 Å². The van der Waals surface area contributed by atoms with Crippen LogP contribution in [0.15, 0.2) is 52.5 Å². The number of benzene rings is 1. The van der Waals surface area contributed by atoms with Crippen LogP contribution in [0.5, 0.6) is 5.75 Å². The van der Waals surface area contributed by atoms with Crippen LogP contribution in [0.4, 0.5) is 5.13 Å². The number of likely N-dealkylation sites (tertiary alicyclic amines) is 1. The van der Waals surface area contributed by atoms with Gasteiger partial charge in [0.1, 0.15) is 5.75 Å². The summed E-state index contributed by atoms with van der Waals surface area (Å²) in [4.78, 5) is 22.0. The smallest absolute Gasteiger partial charge is 0.295 e. The van der Waals surface area contributed by atoms with Crippen LogP contribution in [-0.2, 0) is 0 Å². The minimum atomic E-state index is -0.146. The van der Waals surface area contributed by atoms with Crippen LogP contribution in [0.25, 0.3) is 11.3 Å². The monoisotopic (exact) mass is 411 g/mol. The van der Waals surface area contributed by atoms with Gasteiger partial charge in [-0.3, -0.25) is 9.69 Å². The molecule has 0 atom stereocenters. The topological polar surface area (TPSA) is 58.8 Å². The molecule has 0 radical (unpaired) electrons. The second-order valence-electron chi connectivity index (χ2n) is 7.08. The van der Waals surface area contributed by atoms with E-state index in [1.54, 1.807) is 24.1 Å². The molecule has 3 aromatic rings. The molecule has 0 unspecified atom stereocenters. The van der Waals surface area contributed by atoms with Crippen molar-refractivity contribution in [1.29, 1.82) is 0 Å².